The van der Waals surface area contributed by atoms with E-state index in [0.29, 0.717) is 18.2 Å². The molecule has 1 aromatic heterocycles. The van der Waals surface area contributed by atoms with Crippen LogP contribution in [0.25, 0.3) is 0 Å². The van der Waals surface area contributed by atoms with Crippen LogP contribution in [0.15, 0.2) is 47.2 Å². The number of nitrogens with two attached hydrogens (primary N) is 1. The Morgan fingerprint density at radius 1 is 1.33 bits per heavy atom. The Labute approximate surface area is 132 Å². The first kappa shape index (κ1) is 14.1. The van der Waals surface area contributed by atoms with Gasteiger partial charge in [0.2, 0.25) is 0 Å². The topological polar surface area (TPSA) is 59.2 Å². The molecule has 5 heteroatoms. The molecular formula is C16H16BrN3O. The number of pyridine rings is 1. The molecule has 108 valence electrons. The van der Waals surface area contributed by atoms with E-state index >= 15 is 0 Å². The first-order chi connectivity index (χ1) is 10.1. The summed E-state index contributed by atoms with van der Waals surface area (Å²) in [7, 11) is 0. The summed E-state index contributed by atoms with van der Waals surface area (Å²) < 4.78 is 0.809. The molecule has 21 heavy (non-hydrogen) atoms. The second-order valence-corrected chi connectivity index (χ2v) is 6.17. The summed E-state index contributed by atoms with van der Waals surface area (Å²) in [6.45, 7) is 0.544. The number of halogens is 1. The van der Waals surface area contributed by atoms with Crippen molar-refractivity contribution >= 4 is 27.5 Å². The number of nitrogen functional groups attached to an aromatic ring is 1. The Bertz CT molecular complexity index is 670. The largest absolute Gasteiger partial charge is 0.398 e. The molecule has 0 saturated heterocycles. The fraction of sp³-hybridized carbons (Fsp3) is 0.250. The van der Waals surface area contributed by atoms with Crippen LogP contribution in [0.4, 0.5) is 5.69 Å². The maximum atomic E-state index is 12.7. The fourth-order valence-corrected chi connectivity index (χ4v) is 2.67. The average Bonchev–Trinajstić information content (AvgIpc) is 3.30. The smallest absolute Gasteiger partial charge is 0.256 e. The van der Waals surface area contributed by atoms with Crippen molar-refractivity contribution in [2.75, 3.05) is 5.73 Å². The average molecular weight is 346 g/mol. The van der Waals surface area contributed by atoms with Gasteiger partial charge in [-0.3, -0.25) is 9.78 Å². The maximum absolute atomic E-state index is 12.7. The molecule has 2 aromatic rings. The van der Waals surface area contributed by atoms with Crippen molar-refractivity contribution in [3.8, 4) is 0 Å². The molecule has 0 radical (unpaired) electrons. The number of para-hydroxylation sites is 1. The molecule has 3 rings (SSSR count). The number of carbonyl (C=O) groups is 1. The second-order valence-electron chi connectivity index (χ2n) is 5.25. The number of nitrogens with zero attached hydrogens (tertiary/aromatic N) is 2. The zero-order chi connectivity index (χ0) is 14.8. The molecule has 1 saturated carbocycles. The maximum Gasteiger partial charge on any atom is 0.256 e. The second kappa shape index (κ2) is 5.85. The van der Waals surface area contributed by atoms with Gasteiger partial charge in [-0.1, -0.05) is 18.2 Å². The van der Waals surface area contributed by atoms with Gasteiger partial charge in [-0.15, -0.1) is 0 Å². The van der Waals surface area contributed by atoms with Gasteiger partial charge in [0.15, 0.2) is 0 Å². The van der Waals surface area contributed by atoms with Crippen molar-refractivity contribution in [3.05, 3.63) is 58.3 Å². The van der Waals surface area contributed by atoms with Gasteiger partial charge >= 0.3 is 0 Å². The van der Waals surface area contributed by atoms with E-state index < -0.39 is 0 Å². The summed E-state index contributed by atoms with van der Waals surface area (Å²) >= 11 is 3.36. The highest BCUT2D eigenvalue weighted by Crippen LogP contribution is 2.31. The SMILES string of the molecule is Nc1ccccc1CN(C(=O)c1cncc(Br)c1)C1CC1. The van der Waals surface area contributed by atoms with E-state index in [9.17, 15) is 4.79 Å². The number of hydrogen-bond donors (Lipinski definition) is 1. The standard InChI is InChI=1S/C16H16BrN3O/c17-13-7-12(8-19-9-13)16(21)20(14-5-6-14)10-11-3-1-2-4-15(11)18/h1-4,7-9,14H,5-6,10,18H2. The van der Waals surface area contributed by atoms with Crippen LogP contribution >= 0.6 is 15.9 Å². The minimum Gasteiger partial charge on any atom is -0.398 e. The highest BCUT2D eigenvalue weighted by atomic mass is 79.9. The molecule has 4 nitrogen and oxygen atoms in total. The Hall–Kier alpha value is -1.88. The van der Waals surface area contributed by atoms with E-state index in [1.165, 1.54) is 0 Å². The van der Waals surface area contributed by atoms with E-state index in [4.69, 9.17) is 5.73 Å². The minimum atomic E-state index is 0.00885. The van der Waals surface area contributed by atoms with Gasteiger partial charge in [0.25, 0.3) is 5.91 Å². The van der Waals surface area contributed by atoms with Crippen LogP contribution in [0.3, 0.4) is 0 Å². The first-order valence-corrected chi connectivity index (χ1v) is 7.69. The molecule has 1 aromatic carbocycles. The monoisotopic (exact) mass is 345 g/mol. The number of aromatic nitrogens is 1. The zero-order valence-electron chi connectivity index (χ0n) is 11.5. The third-order valence-corrected chi connectivity index (χ3v) is 4.03. The Kier molecular flexibility index (Phi) is 3.92. The molecule has 2 N–H and O–H groups in total. The van der Waals surface area contributed by atoms with Gasteiger partial charge in [-0.25, -0.2) is 0 Å². The fourth-order valence-electron chi connectivity index (χ4n) is 2.31. The van der Waals surface area contributed by atoms with Gasteiger partial charge in [0.05, 0.1) is 5.56 Å². The van der Waals surface area contributed by atoms with Crippen LogP contribution in [-0.4, -0.2) is 21.8 Å². The van der Waals surface area contributed by atoms with E-state index in [1.54, 1.807) is 18.5 Å². The third kappa shape index (κ3) is 3.24. The van der Waals surface area contributed by atoms with E-state index in [-0.39, 0.29) is 5.91 Å². The van der Waals surface area contributed by atoms with Crippen LogP contribution in [0.5, 0.6) is 0 Å². The van der Waals surface area contributed by atoms with Gasteiger partial charge in [0.1, 0.15) is 0 Å². The number of anilines is 1. The van der Waals surface area contributed by atoms with E-state index in [1.807, 2.05) is 29.2 Å². The third-order valence-electron chi connectivity index (χ3n) is 3.60. The van der Waals surface area contributed by atoms with Crippen molar-refractivity contribution in [3.63, 3.8) is 0 Å². The van der Waals surface area contributed by atoms with Gasteiger partial charge in [-0.05, 0) is 46.5 Å². The molecule has 0 atom stereocenters. The molecule has 1 fully saturated rings. The predicted molar refractivity (Wildman–Crippen MR) is 85.7 cm³/mol. The molecule has 1 aliphatic rings. The summed E-state index contributed by atoms with van der Waals surface area (Å²) in [4.78, 5) is 18.7. The lowest BCUT2D eigenvalue weighted by molar-refractivity contribution is 0.0730. The summed E-state index contributed by atoms with van der Waals surface area (Å²) in [5.74, 6) is 0.00885. The summed E-state index contributed by atoms with van der Waals surface area (Å²) in [5.41, 5.74) is 8.31. The van der Waals surface area contributed by atoms with Crippen molar-refractivity contribution in [2.24, 2.45) is 0 Å². The van der Waals surface area contributed by atoms with Gasteiger partial charge in [0, 0.05) is 35.1 Å². The van der Waals surface area contributed by atoms with Crippen LogP contribution < -0.4 is 5.73 Å². The Morgan fingerprint density at radius 3 is 2.76 bits per heavy atom. The van der Waals surface area contributed by atoms with E-state index in [0.717, 1.165) is 28.6 Å². The number of carbonyl (C=O) groups excluding carboxylic acids is 1. The van der Waals surface area contributed by atoms with Crippen molar-refractivity contribution < 1.29 is 4.79 Å². The van der Waals surface area contributed by atoms with Gasteiger partial charge in [-0.2, -0.15) is 0 Å². The number of hydrogen-bond acceptors (Lipinski definition) is 3. The summed E-state index contributed by atoms with van der Waals surface area (Å²) in [6.07, 6.45) is 5.39. The minimum absolute atomic E-state index is 0.00885. The quantitative estimate of drug-likeness (QED) is 0.865. The van der Waals surface area contributed by atoms with Crippen LogP contribution in [-0.2, 0) is 6.54 Å². The number of benzene rings is 1. The molecule has 0 aliphatic heterocycles. The molecule has 0 bridgehead atoms. The summed E-state index contributed by atoms with van der Waals surface area (Å²) in [6, 6.07) is 9.81. The van der Waals surface area contributed by atoms with Crippen molar-refractivity contribution in [1.29, 1.82) is 0 Å². The van der Waals surface area contributed by atoms with Crippen molar-refractivity contribution in [2.45, 2.75) is 25.4 Å². The zero-order valence-corrected chi connectivity index (χ0v) is 13.1. The highest BCUT2D eigenvalue weighted by Gasteiger charge is 2.33. The molecule has 0 unspecified atom stereocenters. The van der Waals surface area contributed by atoms with Crippen LogP contribution in [0.2, 0.25) is 0 Å². The highest BCUT2D eigenvalue weighted by molar-refractivity contribution is 9.10. The Morgan fingerprint density at radius 2 is 2.10 bits per heavy atom. The van der Waals surface area contributed by atoms with Crippen LogP contribution in [0.1, 0.15) is 28.8 Å². The predicted octanol–water partition coefficient (Wildman–Crippen LogP) is 3.23. The van der Waals surface area contributed by atoms with E-state index in [2.05, 4.69) is 20.9 Å². The van der Waals surface area contributed by atoms with Crippen molar-refractivity contribution in [1.82, 2.24) is 9.88 Å². The molecular weight excluding hydrogens is 330 g/mol. The lowest BCUT2D eigenvalue weighted by Crippen LogP contribution is -2.33. The van der Waals surface area contributed by atoms with Crippen LogP contribution in [0, 0.1) is 0 Å². The number of amides is 1. The molecule has 1 heterocycles. The molecule has 0 spiro atoms. The first-order valence-electron chi connectivity index (χ1n) is 6.90. The lowest BCUT2D eigenvalue weighted by Gasteiger charge is -2.23. The molecule has 1 amide bonds. The lowest BCUT2D eigenvalue weighted by atomic mass is 10.1. The Balaban J connectivity index is 1.85. The molecule has 1 aliphatic carbocycles. The summed E-state index contributed by atoms with van der Waals surface area (Å²) in [5, 5.41) is 0. The van der Waals surface area contributed by atoms with Gasteiger partial charge < -0.3 is 10.6 Å². The number of rotatable bonds is 4. The normalized spacial score (nSPS) is 14.0.